The third-order valence-electron chi connectivity index (χ3n) is 4.78. The number of aliphatic hydroxyl groups excluding tert-OH is 1. The number of rotatable bonds is 4. The monoisotopic (exact) mass is 275 g/mol. The van der Waals surface area contributed by atoms with Crippen molar-refractivity contribution in [1.82, 2.24) is 0 Å². The van der Waals surface area contributed by atoms with Gasteiger partial charge in [0.15, 0.2) is 0 Å². The maximum Gasteiger partial charge on any atom is 0.0604 e. The van der Waals surface area contributed by atoms with E-state index >= 15 is 0 Å². The summed E-state index contributed by atoms with van der Waals surface area (Å²) in [6, 6.07) is 8.60. The van der Waals surface area contributed by atoms with Gasteiger partial charge in [0.2, 0.25) is 0 Å². The van der Waals surface area contributed by atoms with Gasteiger partial charge >= 0.3 is 0 Å². The van der Waals surface area contributed by atoms with Gasteiger partial charge in [-0.3, -0.25) is 0 Å². The molecule has 1 aliphatic rings. The van der Waals surface area contributed by atoms with Gasteiger partial charge in [0.05, 0.1) is 6.61 Å². The van der Waals surface area contributed by atoms with Crippen LogP contribution in [0.15, 0.2) is 24.3 Å². The minimum atomic E-state index is 0.186. The number of nitrogens with one attached hydrogen (secondary N) is 1. The molecule has 1 fully saturated rings. The fourth-order valence-corrected chi connectivity index (χ4v) is 3.48. The van der Waals surface area contributed by atoms with E-state index in [0.717, 1.165) is 5.92 Å². The van der Waals surface area contributed by atoms with Gasteiger partial charge in [0, 0.05) is 12.2 Å². The Labute approximate surface area is 123 Å². The van der Waals surface area contributed by atoms with Gasteiger partial charge in [-0.25, -0.2) is 0 Å². The normalized spacial score (nSPS) is 23.6. The van der Waals surface area contributed by atoms with E-state index in [1.807, 2.05) is 0 Å². The van der Waals surface area contributed by atoms with Crippen LogP contribution in [0, 0.1) is 11.3 Å². The Morgan fingerprint density at radius 2 is 1.75 bits per heavy atom. The summed E-state index contributed by atoms with van der Waals surface area (Å²) in [5.74, 6) is 1.53. The first kappa shape index (κ1) is 15.4. The van der Waals surface area contributed by atoms with Gasteiger partial charge in [-0.2, -0.15) is 0 Å². The van der Waals surface area contributed by atoms with Crippen molar-refractivity contribution in [3.8, 4) is 0 Å². The molecule has 2 rings (SSSR count). The molecule has 0 spiro atoms. The molecule has 0 amide bonds. The van der Waals surface area contributed by atoms with Crippen molar-refractivity contribution in [2.45, 2.75) is 52.4 Å². The van der Waals surface area contributed by atoms with Crippen LogP contribution >= 0.6 is 0 Å². The van der Waals surface area contributed by atoms with Crippen LogP contribution in [0.4, 0.5) is 5.69 Å². The molecule has 1 aliphatic carbocycles. The zero-order chi connectivity index (χ0) is 14.6. The second-order valence-corrected chi connectivity index (χ2v) is 7.15. The first-order valence-electron chi connectivity index (χ1n) is 7.96. The van der Waals surface area contributed by atoms with Crippen LogP contribution in [0.1, 0.15) is 57.9 Å². The van der Waals surface area contributed by atoms with Crippen molar-refractivity contribution in [3.63, 3.8) is 0 Å². The number of anilines is 1. The van der Waals surface area contributed by atoms with Gasteiger partial charge in [-0.15, -0.1) is 0 Å². The molecule has 2 heteroatoms. The molecule has 0 radical (unpaired) electrons. The van der Waals surface area contributed by atoms with Crippen molar-refractivity contribution in [2.24, 2.45) is 11.3 Å². The van der Waals surface area contributed by atoms with Crippen LogP contribution in [0.3, 0.4) is 0 Å². The zero-order valence-corrected chi connectivity index (χ0v) is 13.2. The first-order chi connectivity index (χ1) is 9.52. The van der Waals surface area contributed by atoms with Gasteiger partial charge in [-0.1, -0.05) is 39.0 Å². The van der Waals surface area contributed by atoms with Gasteiger partial charge < -0.3 is 10.4 Å². The molecular weight excluding hydrogens is 246 g/mol. The number of benzene rings is 1. The number of hydrogen-bond donors (Lipinski definition) is 2. The molecule has 1 saturated carbocycles. The third kappa shape index (κ3) is 3.76. The Morgan fingerprint density at radius 3 is 2.35 bits per heavy atom. The second-order valence-electron chi connectivity index (χ2n) is 7.15. The second kappa shape index (κ2) is 6.62. The van der Waals surface area contributed by atoms with Crippen LogP contribution in [-0.4, -0.2) is 18.3 Å². The van der Waals surface area contributed by atoms with Crippen molar-refractivity contribution in [3.05, 3.63) is 29.8 Å². The molecule has 0 atom stereocenters. The predicted molar refractivity (Wildman–Crippen MR) is 86.2 cm³/mol. The Balaban J connectivity index is 2.03. The Hall–Kier alpha value is -1.02. The first-order valence-corrected chi connectivity index (χ1v) is 7.96. The SMILES string of the molecule is CC(C)(C)C1CCC(c2ccccc2NCCO)CC1. The lowest BCUT2D eigenvalue weighted by Crippen LogP contribution is -2.25. The number of aliphatic hydroxyl groups is 1. The van der Waals surface area contributed by atoms with E-state index in [4.69, 9.17) is 5.11 Å². The molecule has 2 nitrogen and oxygen atoms in total. The average Bonchev–Trinajstić information content (AvgIpc) is 2.45. The molecule has 1 aromatic rings. The van der Waals surface area contributed by atoms with E-state index in [1.165, 1.54) is 36.9 Å². The minimum absolute atomic E-state index is 0.186. The molecule has 20 heavy (non-hydrogen) atoms. The molecule has 0 bridgehead atoms. The minimum Gasteiger partial charge on any atom is -0.395 e. The largest absolute Gasteiger partial charge is 0.395 e. The summed E-state index contributed by atoms with van der Waals surface area (Å²) in [5.41, 5.74) is 3.09. The summed E-state index contributed by atoms with van der Waals surface area (Å²) in [7, 11) is 0. The molecule has 0 aromatic heterocycles. The molecular formula is C18H29NO. The van der Waals surface area contributed by atoms with Crippen molar-refractivity contribution >= 4 is 5.69 Å². The molecule has 0 aliphatic heterocycles. The van der Waals surface area contributed by atoms with Crippen LogP contribution in [0.25, 0.3) is 0 Å². The quantitative estimate of drug-likeness (QED) is 0.853. The third-order valence-corrected chi connectivity index (χ3v) is 4.78. The lowest BCUT2D eigenvalue weighted by molar-refractivity contribution is 0.169. The Bertz CT molecular complexity index is 414. The predicted octanol–water partition coefficient (Wildman–Crippen LogP) is 4.41. The topological polar surface area (TPSA) is 32.3 Å². The summed E-state index contributed by atoms with van der Waals surface area (Å²) in [6.07, 6.45) is 5.25. The summed E-state index contributed by atoms with van der Waals surface area (Å²) < 4.78 is 0. The van der Waals surface area contributed by atoms with E-state index < -0.39 is 0 Å². The highest BCUT2D eigenvalue weighted by Gasteiger charge is 2.30. The van der Waals surface area contributed by atoms with E-state index in [9.17, 15) is 0 Å². The number of hydrogen-bond acceptors (Lipinski definition) is 2. The highest BCUT2D eigenvalue weighted by atomic mass is 16.3. The highest BCUT2D eigenvalue weighted by molar-refractivity contribution is 5.52. The molecule has 0 heterocycles. The lowest BCUT2D eigenvalue weighted by atomic mass is 9.68. The Morgan fingerprint density at radius 1 is 1.10 bits per heavy atom. The van der Waals surface area contributed by atoms with Gasteiger partial charge in [0.25, 0.3) is 0 Å². The summed E-state index contributed by atoms with van der Waals surface area (Å²) in [6.45, 7) is 7.93. The Kier molecular flexibility index (Phi) is 5.09. The van der Waals surface area contributed by atoms with Crippen LogP contribution < -0.4 is 5.32 Å². The molecule has 112 valence electrons. The molecule has 0 unspecified atom stereocenters. The van der Waals surface area contributed by atoms with Gasteiger partial charge in [0.1, 0.15) is 0 Å². The fourth-order valence-electron chi connectivity index (χ4n) is 3.48. The van der Waals surface area contributed by atoms with Crippen molar-refractivity contribution in [2.75, 3.05) is 18.5 Å². The smallest absolute Gasteiger partial charge is 0.0604 e. The maximum atomic E-state index is 8.99. The van der Waals surface area contributed by atoms with Gasteiger partial charge in [-0.05, 0) is 54.6 Å². The van der Waals surface area contributed by atoms with Crippen LogP contribution in [-0.2, 0) is 0 Å². The average molecular weight is 275 g/mol. The van der Waals surface area contributed by atoms with Crippen LogP contribution in [0.2, 0.25) is 0 Å². The van der Waals surface area contributed by atoms with Crippen molar-refractivity contribution in [1.29, 1.82) is 0 Å². The maximum absolute atomic E-state index is 8.99. The van der Waals surface area contributed by atoms with E-state index in [1.54, 1.807) is 0 Å². The van der Waals surface area contributed by atoms with E-state index in [0.29, 0.717) is 17.9 Å². The fraction of sp³-hybridized carbons (Fsp3) is 0.667. The molecule has 0 saturated heterocycles. The van der Waals surface area contributed by atoms with E-state index in [-0.39, 0.29) is 6.61 Å². The number of para-hydroxylation sites is 1. The lowest BCUT2D eigenvalue weighted by Gasteiger charge is -2.37. The van der Waals surface area contributed by atoms with E-state index in [2.05, 4.69) is 50.4 Å². The zero-order valence-electron chi connectivity index (χ0n) is 13.2. The molecule has 1 aromatic carbocycles. The van der Waals surface area contributed by atoms with Crippen molar-refractivity contribution < 1.29 is 5.11 Å². The summed E-state index contributed by atoms with van der Waals surface area (Å²) in [4.78, 5) is 0. The molecule has 2 N–H and O–H groups in total. The highest BCUT2D eigenvalue weighted by Crippen LogP contribution is 2.44. The summed E-state index contributed by atoms with van der Waals surface area (Å²) in [5, 5.41) is 12.3. The summed E-state index contributed by atoms with van der Waals surface area (Å²) >= 11 is 0. The standard InChI is InChI=1S/C18H29NO/c1-18(2,3)15-10-8-14(9-11-15)16-6-4-5-7-17(16)19-12-13-20/h4-7,14-15,19-20H,8-13H2,1-3H3. The van der Waals surface area contributed by atoms with Crippen LogP contribution in [0.5, 0.6) is 0 Å².